The zero-order valence-electron chi connectivity index (χ0n) is 11.7. The largest absolute Gasteiger partial charge is 0.388 e. The van der Waals surface area contributed by atoms with E-state index in [-0.39, 0.29) is 11.8 Å². The molecule has 106 valence electrons. The average Bonchev–Trinajstić information content (AvgIpc) is 2.38. The second kappa shape index (κ2) is 7.74. The number of amides is 1. The molecule has 4 nitrogen and oxygen atoms in total. The normalized spacial score (nSPS) is 20.7. The Balaban J connectivity index is 2.38. The Labute approximate surface area is 110 Å². The first-order valence-electron chi connectivity index (χ1n) is 7.19. The van der Waals surface area contributed by atoms with E-state index in [1.54, 1.807) is 0 Å². The van der Waals surface area contributed by atoms with Gasteiger partial charge in [-0.15, -0.1) is 0 Å². The molecule has 4 heteroatoms. The van der Waals surface area contributed by atoms with E-state index in [0.717, 1.165) is 45.1 Å². The molecule has 1 atom stereocenters. The van der Waals surface area contributed by atoms with E-state index >= 15 is 0 Å². The average molecular weight is 257 g/mol. The minimum absolute atomic E-state index is 0.0281. The van der Waals surface area contributed by atoms with Crippen molar-refractivity contribution in [2.75, 3.05) is 19.8 Å². The highest BCUT2D eigenvalue weighted by atomic mass is 16.5. The van der Waals surface area contributed by atoms with E-state index in [1.165, 1.54) is 0 Å². The standard InChI is InChI=1S/C14H27NO3/c1-3-7-14(17,8-4-2)11-15-13(16)12-6-5-9-18-10-12/h12,17H,3-11H2,1-2H3,(H,15,16). The molecule has 18 heavy (non-hydrogen) atoms. The molecule has 1 aliphatic heterocycles. The third-order valence-electron chi connectivity index (χ3n) is 3.55. The number of ether oxygens (including phenoxy) is 1. The molecular formula is C14H27NO3. The lowest BCUT2D eigenvalue weighted by Crippen LogP contribution is -2.45. The number of hydrogen-bond donors (Lipinski definition) is 2. The molecule has 0 spiro atoms. The number of aliphatic hydroxyl groups is 1. The van der Waals surface area contributed by atoms with E-state index in [9.17, 15) is 9.90 Å². The molecule has 1 unspecified atom stereocenters. The molecule has 0 aliphatic carbocycles. The Morgan fingerprint density at radius 1 is 1.39 bits per heavy atom. The number of carbonyl (C=O) groups is 1. The SMILES string of the molecule is CCCC(O)(CCC)CNC(=O)C1CCCOC1. The van der Waals surface area contributed by atoms with Crippen LogP contribution in [0, 0.1) is 5.92 Å². The first-order chi connectivity index (χ1) is 8.61. The lowest BCUT2D eigenvalue weighted by atomic mass is 9.92. The second-order valence-electron chi connectivity index (χ2n) is 5.36. The highest BCUT2D eigenvalue weighted by molar-refractivity contribution is 5.78. The maximum atomic E-state index is 12.0. The van der Waals surface area contributed by atoms with E-state index in [0.29, 0.717) is 13.2 Å². The molecule has 0 saturated carbocycles. The number of carbonyl (C=O) groups excluding carboxylic acids is 1. The van der Waals surface area contributed by atoms with E-state index in [2.05, 4.69) is 19.2 Å². The quantitative estimate of drug-likeness (QED) is 0.732. The van der Waals surface area contributed by atoms with Gasteiger partial charge in [-0.05, 0) is 25.7 Å². The predicted octanol–water partition coefficient (Wildman–Crippen LogP) is 1.86. The van der Waals surface area contributed by atoms with Gasteiger partial charge in [0.05, 0.1) is 18.1 Å². The summed E-state index contributed by atoms with van der Waals surface area (Å²) in [5, 5.41) is 13.3. The van der Waals surface area contributed by atoms with E-state index < -0.39 is 5.60 Å². The third kappa shape index (κ3) is 4.94. The van der Waals surface area contributed by atoms with Crippen molar-refractivity contribution in [3.05, 3.63) is 0 Å². The molecule has 1 rings (SSSR count). The fourth-order valence-electron chi connectivity index (χ4n) is 2.58. The Hall–Kier alpha value is -0.610. The smallest absolute Gasteiger partial charge is 0.225 e. The Kier molecular flexibility index (Phi) is 6.65. The molecule has 0 bridgehead atoms. The van der Waals surface area contributed by atoms with Gasteiger partial charge in [-0.25, -0.2) is 0 Å². The van der Waals surface area contributed by atoms with Gasteiger partial charge in [0.1, 0.15) is 0 Å². The summed E-state index contributed by atoms with van der Waals surface area (Å²) in [4.78, 5) is 12.0. The zero-order chi connectivity index (χ0) is 13.4. The van der Waals surface area contributed by atoms with Crippen molar-refractivity contribution in [2.45, 2.75) is 58.0 Å². The van der Waals surface area contributed by atoms with Crippen molar-refractivity contribution in [1.29, 1.82) is 0 Å². The van der Waals surface area contributed by atoms with Crippen molar-refractivity contribution < 1.29 is 14.6 Å². The van der Waals surface area contributed by atoms with Gasteiger partial charge in [0, 0.05) is 13.2 Å². The Morgan fingerprint density at radius 3 is 2.56 bits per heavy atom. The lowest BCUT2D eigenvalue weighted by molar-refractivity contribution is -0.130. The van der Waals surface area contributed by atoms with Crippen LogP contribution in [0.4, 0.5) is 0 Å². The van der Waals surface area contributed by atoms with Crippen molar-refractivity contribution in [2.24, 2.45) is 5.92 Å². The van der Waals surface area contributed by atoms with Crippen LogP contribution in [0.5, 0.6) is 0 Å². The minimum atomic E-state index is -0.741. The first-order valence-corrected chi connectivity index (χ1v) is 7.19. The summed E-state index contributed by atoms with van der Waals surface area (Å²) < 4.78 is 5.31. The van der Waals surface area contributed by atoms with Crippen LogP contribution in [0.3, 0.4) is 0 Å². The molecule has 0 radical (unpaired) electrons. The topological polar surface area (TPSA) is 58.6 Å². The maximum absolute atomic E-state index is 12.0. The third-order valence-corrected chi connectivity index (χ3v) is 3.55. The van der Waals surface area contributed by atoms with Gasteiger partial charge < -0.3 is 15.2 Å². The van der Waals surface area contributed by atoms with Gasteiger partial charge in [0.15, 0.2) is 0 Å². The van der Waals surface area contributed by atoms with Crippen molar-refractivity contribution in [3.63, 3.8) is 0 Å². The van der Waals surface area contributed by atoms with Crippen LogP contribution in [-0.2, 0) is 9.53 Å². The summed E-state index contributed by atoms with van der Waals surface area (Å²) in [6.45, 7) is 5.75. The van der Waals surface area contributed by atoms with Crippen LogP contribution in [0.25, 0.3) is 0 Å². The zero-order valence-corrected chi connectivity index (χ0v) is 11.7. The van der Waals surface area contributed by atoms with Crippen LogP contribution in [-0.4, -0.2) is 36.4 Å². The first kappa shape index (κ1) is 15.4. The number of hydrogen-bond acceptors (Lipinski definition) is 3. The number of rotatable bonds is 7. The van der Waals surface area contributed by atoms with Gasteiger partial charge in [-0.1, -0.05) is 26.7 Å². The molecule has 0 aromatic carbocycles. The van der Waals surface area contributed by atoms with E-state index in [1.807, 2.05) is 0 Å². The van der Waals surface area contributed by atoms with Crippen LogP contribution < -0.4 is 5.32 Å². The predicted molar refractivity (Wildman–Crippen MR) is 71.3 cm³/mol. The minimum Gasteiger partial charge on any atom is -0.388 e. The van der Waals surface area contributed by atoms with Crippen molar-refractivity contribution >= 4 is 5.91 Å². The Morgan fingerprint density at radius 2 is 2.06 bits per heavy atom. The molecule has 1 fully saturated rings. The van der Waals surface area contributed by atoms with Crippen LogP contribution in [0.2, 0.25) is 0 Å². The summed E-state index contributed by atoms with van der Waals surface area (Å²) in [7, 11) is 0. The molecule has 1 saturated heterocycles. The van der Waals surface area contributed by atoms with Crippen LogP contribution >= 0.6 is 0 Å². The molecule has 1 aliphatic rings. The molecule has 0 aromatic heterocycles. The highest BCUT2D eigenvalue weighted by Crippen LogP contribution is 2.19. The van der Waals surface area contributed by atoms with Gasteiger partial charge >= 0.3 is 0 Å². The maximum Gasteiger partial charge on any atom is 0.225 e. The monoisotopic (exact) mass is 257 g/mol. The van der Waals surface area contributed by atoms with Crippen LogP contribution in [0.15, 0.2) is 0 Å². The Bertz CT molecular complexity index is 243. The molecule has 1 amide bonds. The van der Waals surface area contributed by atoms with Gasteiger partial charge in [-0.3, -0.25) is 4.79 Å². The second-order valence-corrected chi connectivity index (χ2v) is 5.36. The van der Waals surface area contributed by atoms with Crippen LogP contribution in [0.1, 0.15) is 52.4 Å². The fraction of sp³-hybridized carbons (Fsp3) is 0.929. The number of nitrogens with one attached hydrogen (secondary N) is 1. The molecule has 0 aromatic rings. The summed E-state index contributed by atoms with van der Waals surface area (Å²) in [5.74, 6) is -0.00779. The highest BCUT2D eigenvalue weighted by Gasteiger charge is 2.28. The van der Waals surface area contributed by atoms with Crippen molar-refractivity contribution in [3.8, 4) is 0 Å². The lowest BCUT2D eigenvalue weighted by Gasteiger charge is -2.29. The summed E-state index contributed by atoms with van der Waals surface area (Å²) in [6.07, 6.45) is 5.18. The molecule has 1 heterocycles. The fourth-order valence-corrected chi connectivity index (χ4v) is 2.58. The summed E-state index contributed by atoms with van der Waals surface area (Å²) >= 11 is 0. The molecular weight excluding hydrogens is 230 g/mol. The summed E-state index contributed by atoms with van der Waals surface area (Å²) in [5.41, 5.74) is -0.741. The van der Waals surface area contributed by atoms with Gasteiger partial charge in [0.25, 0.3) is 0 Å². The molecule has 2 N–H and O–H groups in total. The van der Waals surface area contributed by atoms with E-state index in [4.69, 9.17) is 4.74 Å². The van der Waals surface area contributed by atoms with Crippen molar-refractivity contribution in [1.82, 2.24) is 5.32 Å². The summed E-state index contributed by atoms with van der Waals surface area (Å²) in [6, 6.07) is 0. The van der Waals surface area contributed by atoms with Gasteiger partial charge in [-0.2, -0.15) is 0 Å². The van der Waals surface area contributed by atoms with Gasteiger partial charge in [0.2, 0.25) is 5.91 Å².